The molecular weight excluding hydrogens is 246 g/mol. The van der Waals surface area contributed by atoms with Gasteiger partial charge < -0.3 is 9.47 Å². The summed E-state index contributed by atoms with van der Waals surface area (Å²) in [5.74, 6) is 0.670. The second-order valence-corrected chi connectivity index (χ2v) is 4.19. The normalized spacial score (nSPS) is 13.5. The fraction of sp³-hybridized carbons (Fsp3) is 1.00. The number of hydrogen-bond donors (Lipinski definition) is 0. The summed E-state index contributed by atoms with van der Waals surface area (Å²) in [5.41, 5.74) is 0. The zero-order valence-corrected chi connectivity index (χ0v) is 11.0. The minimum absolute atomic E-state index is 0.670. The second kappa shape index (κ2) is 9.90. The zero-order chi connectivity index (χ0) is 10.8. The van der Waals surface area contributed by atoms with Gasteiger partial charge in [-0.3, -0.25) is 4.90 Å². The van der Waals surface area contributed by atoms with Crippen molar-refractivity contribution in [3.63, 3.8) is 0 Å². The summed E-state index contributed by atoms with van der Waals surface area (Å²) >= 11 is 3.49. The summed E-state index contributed by atoms with van der Waals surface area (Å²) in [4.78, 5) is 2.37. The molecule has 0 aliphatic carbocycles. The summed E-state index contributed by atoms with van der Waals surface area (Å²) < 4.78 is 10.1. The second-order valence-electron chi connectivity index (χ2n) is 3.55. The van der Waals surface area contributed by atoms with E-state index in [2.05, 4.69) is 27.8 Å². The van der Waals surface area contributed by atoms with E-state index in [9.17, 15) is 0 Å². The highest BCUT2D eigenvalue weighted by molar-refractivity contribution is 9.09. The first-order valence-electron chi connectivity index (χ1n) is 5.00. The van der Waals surface area contributed by atoms with Crippen LogP contribution in [-0.4, -0.2) is 57.3 Å². The maximum absolute atomic E-state index is 5.07. The predicted octanol–water partition coefficient (Wildman–Crippen LogP) is 1.61. The van der Waals surface area contributed by atoms with Gasteiger partial charge in [0.25, 0.3) is 0 Å². The fourth-order valence-electron chi connectivity index (χ4n) is 1.22. The summed E-state index contributed by atoms with van der Waals surface area (Å²) in [5, 5.41) is 1.05. The number of hydrogen-bond acceptors (Lipinski definition) is 3. The third-order valence-corrected chi connectivity index (χ3v) is 3.16. The number of methoxy groups -OCH3 is 2. The lowest BCUT2D eigenvalue weighted by molar-refractivity contribution is 0.107. The molecule has 0 aromatic carbocycles. The molecular formula is C10H22BrNO2. The van der Waals surface area contributed by atoms with Gasteiger partial charge in [0.2, 0.25) is 0 Å². The molecule has 0 bridgehead atoms. The van der Waals surface area contributed by atoms with Crippen LogP contribution >= 0.6 is 15.9 Å². The summed E-state index contributed by atoms with van der Waals surface area (Å²) in [7, 11) is 3.48. The minimum Gasteiger partial charge on any atom is -0.383 e. The largest absolute Gasteiger partial charge is 0.383 e. The van der Waals surface area contributed by atoms with Crippen molar-refractivity contribution in [3.8, 4) is 0 Å². The Bertz CT molecular complexity index is 117. The van der Waals surface area contributed by atoms with E-state index in [1.807, 2.05) is 0 Å². The third kappa shape index (κ3) is 7.74. The van der Waals surface area contributed by atoms with Crippen LogP contribution in [0.25, 0.3) is 0 Å². The summed E-state index contributed by atoms with van der Waals surface area (Å²) in [6, 6.07) is 0. The molecule has 0 aliphatic rings. The first kappa shape index (κ1) is 14.4. The maximum atomic E-state index is 5.07. The topological polar surface area (TPSA) is 21.7 Å². The van der Waals surface area contributed by atoms with Crippen LogP contribution in [0, 0.1) is 5.92 Å². The van der Waals surface area contributed by atoms with Gasteiger partial charge in [0.05, 0.1) is 13.2 Å². The van der Waals surface area contributed by atoms with Crippen molar-refractivity contribution in [3.05, 3.63) is 0 Å². The van der Waals surface area contributed by atoms with E-state index in [1.165, 1.54) is 0 Å². The van der Waals surface area contributed by atoms with E-state index in [4.69, 9.17) is 9.47 Å². The maximum Gasteiger partial charge on any atom is 0.0589 e. The Morgan fingerprint density at radius 2 is 1.64 bits per heavy atom. The molecule has 1 unspecified atom stereocenters. The van der Waals surface area contributed by atoms with Gasteiger partial charge in [0, 0.05) is 39.2 Å². The Balaban J connectivity index is 3.71. The molecule has 0 saturated carbocycles. The van der Waals surface area contributed by atoms with Gasteiger partial charge in [-0.15, -0.1) is 0 Å². The van der Waals surface area contributed by atoms with Gasteiger partial charge in [-0.05, 0) is 5.92 Å². The Labute approximate surface area is 95.9 Å². The van der Waals surface area contributed by atoms with E-state index >= 15 is 0 Å². The summed E-state index contributed by atoms with van der Waals surface area (Å²) in [6.07, 6.45) is 0. The molecule has 0 saturated heterocycles. The van der Waals surface area contributed by atoms with Crippen molar-refractivity contribution in [1.82, 2.24) is 4.90 Å². The standard InChI is InChI=1S/C10H22BrNO2/c1-10(8-11)9-12(4-6-13-2)5-7-14-3/h10H,4-9H2,1-3H3. The minimum atomic E-state index is 0.670. The molecule has 0 aromatic rings. The first-order valence-corrected chi connectivity index (χ1v) is 6.13. The van der Waals surface area contributed by atoms with E-state index < -0.39 is 0 Å². The van der Waals surface area contributed by atoms with Gasteiger partial charge >= 0.3 is 0 Å². The monoisotopic (exact) mass is 267 g/mol. The van der Waals surface area contributed by atoms with Crippen molar-refractivity contribution < 1.29 is 9.47 Å². The lowest BCUT2D eigenvalue weighted by Gasteiger charge is -2.24. The van der Waals surface area contributed by atoms with Gasteiger partial charge in [-0.2, -0.15) is 0 Å². The van der Waals surface area contributed by atoms with Crippen LogP contribution in [0.3, 0.4) is 0 Å². The van der Waals surface area contributed by atoms with Crippen molar-refractivity contribution in [2.45, 2.75) is 6.92 Å². The quantitative estimate of drug-likeness (QED) is 0.593. The molecule has 0 spiro atoms. The molecule has 0 fully saturated rings. The third-order valence-electron chi connectivity index (χ3n) is 2.06. The highest BCUT2D eigenvalue weighted by atomic mass is 79.9. The highest BCUT2D eigenvalue weighted by Gasteiger charge is 2.08. The van der Waals surface area contributed by atoms with Gasteiger partial charge in [-0.25, -0.2) is 0 Å². The Morgan fingerprint density at radius 1 is 1.14 bits per heavy atom. The SMILES string of the molecule is COCCN(CCOC)CC(C)CBr. The lowest BCUT2D eigenvalue weighted by Crippen LogP contribution is -2.34. The van der Waals surface area contributed by atoms with E-state index in [1.54, 1.807) is 14.2 Å². The first-order chi connectivity index (χ1) is 6.74. The molecule has 1 atom stereocenters. The molecule has 0 heterocycles. The van der Waals surface area contributed by atoms with E-state index in [0.29, 0.717) is 5.92 Å². The zero-order valence-electron chi connectivity index (χ0n) is 9.46. The number of alkyl halides is 1. The molecule has 86 valence electrons. The van der Waals surface area contributed by atoms with Crippen molar-refractivity contribution in [1.29, 1.82) is 0 Å². The Hall–Kier alpha value is 0.360. The summed E-state index contributed by atoms with van der Waals surface area (Å²) in [6.45, 7) is 6.88. The average Bonchev–Trinajstić information content (AvgIpc) is 2.21. The number of halogens is 1. The number of rotatable bonds is 9. The van der Waals surface area contributed by atoms with Crippen LogP contribution in [0.1, 0.15) is 6.92 Å². The number of nitrogens with zero attached hydrogens (tertiary/aromatic N) is 1. The van der Waals surface area contributed by atoms with E-state index in [0.717, 1.165) is 38.2 Å². The van der Waals surface area contributed by atoms with Crippen LogP contribution < -0.4 is 0 Å². The van der Waals surface area contributed by atoms with Crippen molar-refractivity contribution in [2.75, 3.05) is 52.4 Å². The molecule has 0 rings (SSSR count). The van der Waals surface area contributed by atoms with Gasteiger partial charge in [0.15, 0.2) is 0 Å². The van der Waals surface area contributed by atoms with Gasteiger partial charge in [-0.1, -0.05) is 22.9 Å². The van der Waals surface area contributed by atoms with Crippen LogP contribution in [-0.2, 0) is 9.47 Å². The van der Waals surface area contributed by atoms with Gasteiger partial charge in [0.1, 0.15) is 0 Å². The fourth-order valence-corrected chi connectivity index (χ4v) is 1.43. The molecule has 0 aliphatic heterocycles. The highest BCUT2D eigenvalue weighted by Crippen LogP contribution is 2.03. The van der Waals surface area contributed by atoms with Crippen molar-refractivity contribution >= 4 is 15.9 Å². The van der Waals surface area contributed by atoms with Crippen molar-refractivity contribution in [2.24, 2.45) is 5.92 Å². The smallest absolute Gasteiger partial charge is 0.0589 e. The molecule has 0 amide bonds. The van der Waals surface area contributed by atoms with Crippen LogP contribution in [0.4, 0.5) is 0 Å². The lowest BCUT2D eigenvalue weighted by atomic mass is 10.2. The van der Waals surface area contributed by atoms with Crippen LogP contribution in [0.5, 0.6) is 0 Å². The predicted molar refractivity (Wildman–Crippen MR) is 63.2 cm³/mol. The molecule has 0 radical (unpaired) electrons. The Morgan fingerprint density at radius 3 is 2.00 bits per heavy atom. The van der Waals surface area contributed by atoms with Crippen LogP contribution in [0.2, 0.25) is 0 Å². The Kier molecular flexibility index (Phi) is 10.2. The van der Waals surface area contributed by atoms with Crippen LogP contribution in [0.15, 0.2) is 0 Å². The number of ether oxygens (including phenoxy) is 2. The van der Waals surface area contributed by atoms with E-state index in [-0.39, 0.29) is 0 Å². The average molecular weight is 268 g/mol. The molecule has 4 heteroatoms. The molecule has 0 aromatic heterocycles. The molecule has 3 nitrogen and oxygen atoms in total. The molecule has 0 N–H and O–H groups in total. The molecule has 14 heavy (non-hydrogen) atoms.